The van der Waals surface area contributed by atoms with E-state index in [4.69, 9.17) is 10.5 Å². The lowest BCUT2D eigenvalue weighted by Crippen LogP contribution is -2.55. The van der Waals surface area contributed by atoms with Gasteiger partial charge in [0.25, 0.3) is 0 Å². The fourth-order valence-electron chi connectivity index (χ4n) is 1.79. The van der Waals surface area contributed by atoms with Crippen LogP contribution in [0.1, 0.15) is 33.6 Å². The van der Waals surface area contributed by atoms with Crippen molar-refractivity contribution in [1.82, 2.24) is 5.32 Å². The molecule has 1 unspecified atom stereocenters. The third kappa shape index (κ3) is 6.99. The van der Waals surface area contributed by atoms with Gasteiger partial charge in [-0.2, -0.15) is 0 Å². The largest absolute Gasteiger partial charge is 0.494 e. The number of halogens is 2. The molecule has 0 saturated heterocycles. The lowest BCUT2D eigenvalue weighted by atomic mass is 9.88. The molecular formula is C16H26BrClN2O2. The molecule has 0 saturated carbocycles. The van der Waals surface area contributed by atoms with Gasteiger partial charge in [-0.1, -0.05) is 35.8 Å². The Bertz CT molecular complexity index is 471. The predicted molar refractivity (Wildman–Crippen MR) is 96.6 cm³/mol. The Labute approximate surface area is 147 Å². The van der Waals surface area contributed by atoms with E-state index in [1.165, 1.54) is 0 Å². The lowest BCUT2D eigenvalue weighted by Gasteiger charge is -2.33. The van der Waals surface area contributed by atoms with Gasteiger partial charge < -0.3 is 15.8 Å². The van der Waals surface area contributed by atoms with Crippen LogP contribution in [0.25, 0.3) is 0 Å². The Kier molecular flexibility index (Phi) is 9.72. The van der Waals surface area contributed by atoms with Crippen LogP contribution >= 0.6 is 28.3 Å². The first-order valence-electron chi connectivity index (χ1n) is 7.27. The molecule has 0 bridgehead atoms. The van der Waals surface area contributed by atoms with Crippen molar-refractivity contribution in [3.05, 3.63) is 28.7 Å². The summed E-state index contributed by atoms with van der Waals surface area (Å²) in [5.41, 5.74) is 5.41. The van der Waals surface area contributed by atoms with E-state index < -0.39 is 0 Å². The van der Waals surface area contributed by atoms with Gasteiger partial charge in [-0.05, 0) is 37.5 Å². The van der Waals surface area contributed by atoms with E-state index in [1.54, 1.807) is 0 Å². The first-order valence-corrected chi connectivity index (χ1v) is 8.06. The zero-order chi connectivity index (χ0) is 15.9. The highest BCUT2D eigenvalue weighted by atomic mass is 79.9. The average molecular weight is 394 g/mol. The van der Waals surface area contributed by atoms with Crippen molar-refractivity contribution in [2.75, 3.05) is 13.2 Å². The molecule has 1 amide bonds. The molecule has 4 nitrogen and oxygen atoms in total. The van der Waals surface area contributed by atoms with Gasteiger partial charge in [0.2, 0.25) is 5.91 Å². The molecule has 1 aromatic carbocycles. The standard InChI is InChI=1S/C16H25BrN2O2.ClH/c1-12(2)16(3,11-18)19-15(20)8-5-9-21-14-7-4-6-13(17)10-14;/h4,6-7,10,12H,5,8-9,11,18H2,1-3H3,(H,19,20);1H. The van der Waals surface area contributed by atoms with Crippen molar-refractivity contribution in [2.24, 2.45) is 11.7 Å². The quantitative estimate of drug-likeness (QED) is 0.664. The Morgan fingerprint density at radius 3 is 2.68 bits per heavy atom. The molecule has 0 fully saturated rings. The predicted octanol–water partition coefficient (Wildman–Crippen LogP) is 3.52. The van der Waals surface area contributed by atoms with E-state index >= 15 is 0 Å². The summed E-state index contributed by atoms with van der Waals surface area (Å²) in [5.74, 6) is 1.12. The molecule has 1 rings (SSSR count). The van der Waals surface area contributed by atoms with Crippen molar-refractivity contribution >= 4 is 34.2 Å². The maximum Gasteiger partial charge on any atom is 0.220 e. The molecule has 0 aliphatic heterocycles. The number of nitrogens with two attached hydrogens (primary N) is 1. The molecule has 1 aromatic rings. The van der Waals surface area contributed by atoms with Crippen LogP contribution in [0.3, 0.4) is 0 Å². The fraction of sp³-hybridized carbons (Fsp3) is 0.562. The first kappa shape index (κ1) is 21.2. The molecule has 0 aliphatic rings. The van der Waals surface area contributed by atoms with Crippen molar-refractivity contribution < 1.29 is 9.53 Å². The summed E-state index contributed by atoms with van der Waals surface area (Å²) in [6, 6.07) is 7.67. The number of benzene rings is 1. The SMILES string of the molecule is CC(C)C(C)(CN)NC(=O)CCCOc1cccc(Br)c1.Cl. The molecule has 0 heterocycles. The van der Waals surface area contributed by atoms with Crippen LogP contribution in [0.15, 0.2) is 28.7 Å². The highest BCUT2D eigenvalue weighted by Gasteiger charge is 2.28. The Hall–Kier alpha value is -0.780. The smallest absolute Gasteiger partial charge is 0.220 e. The number of amides is 1. The molecule has 126 valence electrons. The van der Waals surface area contributed by atoms with Crippen LogP contribution in [0.4, 0.5) is 0 Å². The van der Waals surface area contributed by atoms with Crippen LogP contribution in [0, 0.1) is 5.92 Å². The number of hydrogen-bond donors (Lipinski definition) is 2. The first-order chi connectivity index (χ1) is 9.87. The van der Waals surface area contributed by atoms with E-state index in [0.29, 0.717) is 31.9 Å². The number of hydrogen-bond acceptors (Lipinski definition) is 3. The lowest BCUT2D eigenvalue weighted by molar-refractivity contribution is -0.123. The Balaban J connectivity index is 0.00000441. The minimum atomic E-state index is -0.345. The van der Waals surface area contributed by atoms with E-state index in [2.05, 4.69) is 35.1 Å². The maximum absolute atomic E-state index is 12.0. The second kappa shape index (κ2) is 10.1. The Morgan fingerprint density at radius 2 is 2.14 bits per heavy atom. The van der Waals surface area contributed by atoms with Gasteiger partial charge in [-0.3, -0.25) is 4.79 Å². The molecule has 0 radical (unpaired) electrons. The number of nitrogens with one attached hydrogen (secondary N) is 1. The van der Waals surface area contributed by atoms with Crippen molar-refractivity contribution in [3.63, 3.8) is 0 Å². The molecule has 0 aromatic heterocycles. The summed E-state index contributed by atoms with van der Waals surface area (Å²) < 4.78 is 6.59. The maximum atomic E-state index is 12.0. The molecule has 1 atom stereocenters. The fourth-order valence-corrected chi connectivity index (χ4v) is 2.17. The van der Waals surface area contributed by atoms with Crippen LogP contribution in [0.2, 0.25) is 0 Å². The van der Waals surface area contributed by atoms with Crippen LogP contribution in [0.5, 0.6) is 5.75 Å². The zero-order valence-corrected chi connectivity index (χ0v) is 15.8. The number of carbonyl (C=O) groups is 1. The summed E-state index contributed by atoms with van der Waals surface area (Å²) in [7, 11) is 0. The van der Waals surface area contributed by atoms with Crippen LogP contribution < -0.4 is 15.8 Å². The molecule has 0 aliphatic carbocycles. The highest BCUT2D eigenvalue weighted by Crippen LogP contribution is 2.18. The molecule has 6 heteroatoms. The van der Waals surface area contributed by atoms with Gasteiger partial charge in [0.1, 0.15) is 5.75 Å². The summed E-state index contributed by atoms with van der Waals surface area (Å²) >= 11 is 3.39. The topological polar surface area (TPSA) is 64.3 Å². The minimum Gasteiger partial charge on any atom is -0.494 e. The van der Waals surface area contributed by atoms with Crippen LogP contribution in [-0.4, -0.2) is 24.6 Å². The van der Waals surface area contributed by atoms with Crippen molar-refractivity contribution in [3.8, 4) is 5.75 Å². The zero-order valence-electron chi connectivity index (χ0n) is 13.4. The van der Waals surface area contributed by atoms with Gasteiger partial charge in [-0.25, -0.2) is 0 Å². The minimum absolute atomic E-state index is 0. The summed E-state index contributed by atoms with van der Waals surface area (Å²) in [6.07, 6.45) is 1.12. The monoisotopic (exact) mass is 392 g/mol. The summed E-state index contributed by atoms with van der Waals surface area (Å²) in [4.78, 5) is 12.0. The van der Waals surface area contributed by atoms with E-state index in [-0.39, 0.29) is 23.9 Å². The normalized spacial score (nSPS) is 13.2. The van der Waals surface area contributed by atoms with E-state index in [9.17, 15) is 4.79 Å². The number of ether oxygens (including phenoxy) is 1. The van der Waals surface area contributed by atoms with Gasteiger partial charge in [0.05, 0.1) is 12.1 Å². The number of rotatable bonds is 8. The average Bonchev–Trinajstić information content (AvgIpc) is 2.43. The van der Waals surface area contributed by atoms with Gasteiger partial charge >= 0.3 is 0 Å². The second-order valence-corrected chi connectivity index (χ2v) is 6.65. The van der Waals surface area contributed by atoms with Gasteiger partial charge in [0, 0.05) is 17.4 Å². The van der Waals surface area contributed by atoms with E-state index in [1.807, 2.05) is 31.2 Å². The Morgan fingerprint density at radius 1 is 1.45 bits per heavy atom. The van der Waals surface area contributed by atoms with Crippen LogP contribution in [-0.2, 0) is 4.79 Å². The third-order valence-corrected chi connectivity index (χ3v) is 4.23. The van der Waals surface area contributed by atoms with Crippen molar-refractivity contribution in [1.29, 1.82) is 0 Å². The summed E-state index contributed by atoms with van der Waals surface area (Å²) in [5, 5.41) is 3.02. The molecule has 0 spiro atoms. The number of carbonyl (C=O) groups excluding carboxylic acids is 1. The van der Waals surface area contributed by atoms with Crippen molar-refractivity contribution in [2.45, 2.75) is 39.2 Å². The summed E-state index contributed by atoms with van der Waals surface area (Å²) in [6.45, 7) is 7.05. The van der Waals surface area contributed by atoms with Gasteiger partial charge in [-0.15, -0.1) is 12.4 Å². The molecular weight excluding hydrogens is 368 g/mol. The van der Waals surface area contributed by atoms with Gasteiger partial charge in [0.15, 0.2) is 0 Å². The highest BCUT2D eigenvalue weighted by molar-refractivity contribution is 9.10. The third-order valence-electron chi connectivity index (χ3n) is 3.74. The van der Waals surface area contributed by atoms with E-state index in [0.717, 1.165) is 10.2 Å². The molecule has 3 N–H and O–H groups in total. The second-order valence-electron chi connectivity index (χ2n) is 5.73. The molecule has 22 heavy (non-hydrogen) atoms.